The molecule has 0 bridgehead atoms. The zero-order valence-electron chi connectivity index (χ0n) is 11.2. The Hall–Kier alpha value is -0.730. The molecule has 0 radical (unpaired) electrons. The number of methoxy groups -OCH3 is 1. The zero-order valence-corrected chi connectivity index (χ0v) is 11.9. The van der Waals surface area contributed by atoms with Gasteiger partial charge in [-0.1, -0.05) is 39.3 Å². The normalized spacial score (nSPS) is 12.0. The lowest BCUT2D eigenvalue weighted by molar-refractivity contribution is 0.215. The first-order chi connectivity index (χ1) is 7.83. The Bertz CT molecular complexity index is 397. The van der Waals surface area contributed by atoms with E-state index in [1.807, 2.05) is 26.0 Å². The van der Waals surface area contributed by atoms with Crippen LogP contribution in [0.2, 0.25) is 5.02 Å². The van der Waals surface area contributed by atoms with E-state index in [9.17, 15) is 5.11 Å². The molecule has 0 aliphatic rings. The Kier molecular flexibility index (Phi) is 4.45. The van der Waals surface area contributed by atoms with E-state index in [2.05, 4.69) is 13.8 Å². The minimum absolute atomic E-state index is 0.0563. The van der Waals surface area contributed by atoms with Crippen LogP contribution in [0.1, 0.15) is 44.7 Å². The van der Waals surface area contributed by atoms with Gasteiger partial charge in [0, 0.05) is 16.0 Å². The van der Waals surface area contributed by atoms with Gasteiger partial charge in [-0.25, -0.2) is 0 Å². The molecule has 96 valence electrons. The molecule has 1 rings (SSSR count). The van der Waals surface area contributed by atoms with Gasteiger partial charge in [0.25, 0.3) is 0 Å². The second-order valence-electron chi connectivity index (χ2n) is 5.27. The van der Waals surface area contributed by atoms with Crippen LogP contribution >= 0.6 is 11.6 Å². The predicted octanol–water partition coefficient (Wildman–Crippen LogP) is 3.74. The summed E-state index contributed by atoms with van der Waals surface area (Å²) in [5.74, 6) is 1.14. The largest absolute Gasteiger partial charge is 0.496 e. The Morgan fingerprint density at radius 3 is 2.35 bits per heavy atom. The first-order valence-corrected chi connectivity index (χ1v) is 6.20. The number of rotatable bonds is 4. The average molecular weight is 257 g/mol. The third-order valence-corrected chi connectivity index (χ3v) is 3.39. The van der Waals surface area contributed by atoms with Crippen LogP contribution in [-0.4, -0.2) is 18.8 Å². The molecular formula is C14H21ClO2. The summed E-state index contributed by atoms with van der Waals surface area (Å²) in [6.07, 6.45) is 0. The predicted molar refractivity (Wildman–Crippen MR) is 72.2 cm³/mol. The molecule has 0 aliphatic heterocycles. The van der Waals surface area contributed by atoms with Crippen molar-refractivity contribution in [2.75, 3.05) is 13.7 Å². The van der Waals surface area contributed by atoms with Crippen molar-refractivity contribution in [3.8, 4) is 5.75 Å². The van der Waals surface area contributed by atoms with Crippen LogP contribution in [-0.2, 0) is 5.41 Å². The molecule has 0 spiro atoms. The van der Waals surface area contributed by atoms with E-state index in [0.717, 1.165) is 21.9 Å². The van der Waals surface area contributed by atoms with Crippen LogP contribution in [0, 0.1) is 0 Å². The van der Waals surface area contributed by atoms with Gasteiger partial charge in [-0.3, -0.25) is 0 Å². The maximum absolute atomic E-state index is 9.44. The summed E-state index contributed by atoms with van der Waals surface area (Å²) in [6, 6.07) is 3.88. The lowest BCUT2D eigenvalue weighted by Gasteiger charge is -2.26. The van der Waals surface area contributed by atoms with E-state index in [4.69, 9.17) is 16.3 Å². The van der Waals surface area contributed by atoms with Crippen molar-refractivity contribution < 1.29 is 9.84 Å². The first kappa shape index (κ1) is 14.3. The van der Waals surface area contributed by atoms with Gasteiger partial charge in [0.15, 0.2) is 0 Å². The van der Waals surface area contributed by atoms with Gasteiger partial charge in [-0.15, -0.1) is 0 Å². The number of benzene rings is 1. The van der Waals surface area contributed by atoms with Gasteiger partial charge in [0.05, 0.1) is 13.7 Å². The molecule has 2 nitrogen and oxygen atoms in total. The van der Waals surface area contributed by atoms with Gasteiger partial charge in [-0.05, 0) is 23.6 Å². The van der Waals surface area contributed by atoms with Gasteiger partial charge in [-0.2, -0.15) is 0 Å². The van der Waals surface area contributed by atoms with E-state index < -0.39 is 0 Å². The van der Waals surface area contributed by atoms with Crippen molar-refractivity contribution in [2.24, 2.45) is 0 Å². The van der Waals surface area contributed by atoms with E-state index in [1.54, 1.807) is 7.11 Å². The molecule has 1 N–H and O–H groups in total. The Balaban J connectivity index is 3.38. The van der Waals surface area contributed by atoms with Gasteiger partial charge >= 0.3 is 0 Å². The monoisotopic (exact) mass is 256 g/mol. The van der Waals surface area contributed by atoms with Crippen LogP contribution in [0.5, 0.6) is 5.75 Å². The molecule has 3 heteroatoms. The van der Waals surface area contributed by atoms with Crippen LogP contribution < -0.4 is 4.74 Å². The number of hydrogen-bond donors (Lipinski definition) is 1. The first-order valence-electron chi connectivity index (χ1n) is 5.82. The van der Waals surface area contributed by atoms with Crippen molar-refractivity contribution in [3.05, 3.63) is 28.3 Å². The van der Waals surface area contributed by atoms with Crippen molar-refractivity contribution in [3.63, 3.8) is 0 Å². The molecule has 1 aromatic rings. The van der Waals surface area contributed by atoms with Crippen LogP contribution in [0.3, 0.4) is 0 Å². The lowest BCUT2D eigenvalue weighted by atomic mass is 9.83. The van der Waals surface area contributed by atoms with Crippen LogP contribution in [0.4, 0.5) is 0 Å². The van der Waals surface area contributed by atoms with Crippen molar-refractivity contribution in [2.45, 2.75) is 39.0 Å². The molecule has 0 fully saturated rings. The fraction of sp³-hybridized carbons (Fsp3) is 0.571. The maximum atomic E-state index is 9.44. The highest BCUT2D eigenvalue weighted by atomic mass is 35.5. The third-order valence-electron chi connectivity index (χ3n) is 3.07. The number of ether oxygens (including phenoxy) is 1. The SMILES string of the molecule is COc1cc(C(C)C)c(Cl)cc1C(C)(C)CO. The summed E-state index contributed by atoms with van der Waals surface area (Å²) < 4.78 is 5.41. The van der Waals surface area contributed by atoms with E-state index >= 15 is 0 Å². The quantitative estimate of drug-likeness (QED) is 0.889. The van der Waals surface area contributed by atoms with Gasteiger partial charge < -0.3 is 9.84 Å². The molecule has 1 aromatic carbocycles. The summed E-state index contributed by atoms with van der Waals surface area (Å²) in [6.45, 7) is 8.18. The molecule has 0 aromatic heterocycles. The minimum Gasteiger partial charge on any atom is -0.496 e. The summed E-state index contributed by atoms with van der Waals surface area (Å²) >= 11 is 6.28. The average Bonchev–Trinajstić information content (AvgIpc) is 2.28. The smallest absolute Gasteiger partial charge is 0.123 e. The summed E-state index contributed by atoms with van der Waals surface area (Å²) in [5.41, 5.74) is 1.66. The Labute approximate surface area is 109 Å². The Morgan fingerprint density at radius 1 is 1.35 bits per heavy atom. The molecule has 0 amide bonds. The van der Waals surface area contributed by atoms with E-state index in [0.29, 0.717) is 5.92 Å². The Morgan fingerprint density at radius 2 is 1.94 bits per heavy atom. The molecule has 0 heterocycles. The molecule has 0 saturated heterocycles. The number of aliphatic hydroxyl groups excluding tert-OH is 1. The maximum Gasteiger partial charge on any atom is 0.123 e. The summed E-state index contributed by atoms with van der Waals surface area (Å²) in [7, 11) is 1.64. The number of aliphatic hydroxyl groups is 1. The molecule has 17 heavy (non-hydrogen) atoms. The molecular weight excluding hydrogens is 236 g/mol. The zero-order chi connectivity index (χ0) is 13.2. The van der Waals surface area contributed by atoms with Gasteiger partial charge in [0.2, 0.25) is 0 Å². The highest BCUT2D eigenvalue weighted by molar-refractivity contribution is 6.31. The summed E-state index contributed by atoms with van der Waals surface area (Å²) in [5, 5.41) is 10.2. The summed E-state index contributed by atoms with van der Waals surface area (Å²) in [4.78, 5) is 0. The van der Waals surface area contributed by atoms with Crippen molar-refractivity contribution in [1.29, 1.82) is 0 Å². The lowest BCUT2D eigenvalue weighted by Crippen LogP contribution is -2.23. The molecule has 0 atom stereocenters. The number of halogens is 1. The third kappa shape index (κ3) is 2.93. The molecule has 0 aliphatic carbocycles. The standard InChI is InChI=1S/C14H21ClO2/c1-9(2)10-6-13(17-5)11(7-12(10)15)14(3,4)8-16/h6-7,9,16H,8H2,1-5H3. The van der Waals surface area contributed by atoms with Crippen molar-refractivity contribution in [1.82, 2.24) is 0 Å². The second kappa shape index (κ2) is 5.28. The number of hydrogen-bond acceptors (Lipinski definition) is 2. The second-order valence-corrected chi connectivity index (χ2v) is 5.68. The fourth-order valence-electron chi connectivity index (χ4n) is 1.79. The van der Waals surface area contributed by atoms with E-state index in [-0.39, 0.29) is 12.0 Å². The highest BCUT2D eigenvalue weighted by Gasteiger charge is 2.25. The highest BCUT2D eigenvalue weighted by Crippen LogP contribution is 2.37. The van der Waals surface area contributed by atoms with Crippen molar-refractivity contribution >= 4 is 11.6 Å². The van der Waals surface area contributed by atoms with Gasteiger partial charge in [0.1, 0.15) is 5.75 Å². The van der Waals surface area contributed by atoms with E-state index in [1.165, 1.54) is 0 Å². The molecule has 0 saturated carbocycles. The molecule has 0 unspecified atom stereocenters. The minimum atomic E-state index is -0.357. The van der Waals surface area contributed by atoms with Crippen LogP contribution in [0.15, 0.2) is 12.1 Å². The topological polar surface area (TPSA) is 29.5 Å². The van der Waals surface area contributed by atoms with Crippen LogP contribution in [0.25, 0.3) is 0 Å². The fourth-order valence-corrected chi connectivity index (χ4v) is 2.18.